The Hall–Kier alpha value is -3.97. The molecule has 0 amide bonds. The average molecular weight is 455 g/mol. The maximum Gasteiger partial charge on any atom is 0.420 e. The number of ether oxygens (including phenoxy) is 1. The van der Waals surface area contributed by atoms with Crippen molar-refractivity contribution in [3.8, 4) is 17.1 Å². The monoisotopic (exact) mass is 454 g/mol. The molecule has 5 rings (SSSR count). The minimum Gasteiger partial charge on any atom is -0.490 e. The highest BCUT2D eigenvalue weighted by Crippen LogP contribution is 2.24. The minimum absolute atomic E-state index is 0.372. The van der Waals surface area contributed by atoms with Crippen molar-refractivity contribution < 1.29 is 9.15 Å². The van der Waals surface area contributed by atoms with Crippen LogP contribution in [0.1, 0.15) is 12.0 Å². The van der Waals surface area contributed by atoms with Crippen LogP contribution in [0.15, 0.2) is 82.3 Å². The lowest BCUT2D eigenvalue weighted by Crippen LogP contribution is -2.15. The van der Waals surface area contributed by atoms with Gasteiger partial charge in [-0.25, -0.2) is 14.8 Å². The first-order chi connectivity index (χ1) is 16.6. The number of oxazole rings is 1. The van der Waals surface area contributed by atoms with Gasteiger partial charge in [0, 0.05) is 12.1 Å². The molecule has 34 heavy (non-hydrogen) atoms. The molecule has 0 bridgehead atoms. The van der Waals surface area contributed by atoms with Crippen LogP contribution in [0.25, 0.3) is 33.3 Å². The number of aromatic nitrogens is 3. The third-order valence-corrected chi connectivity index (χ3v) is 5.71. The zero-order valence-electron chi connectivity index (χ0n) is 19.3. The minimum atomic E-state index is -0.372. The number of hydrogen-bond acceptors (Lipinski definition) is 6. The standard InChI is InChI=1S/C27H26N4O3/c1-30(2)11-6-12-33-23-16-28-26(29-17-23)22-10-5-7-19(13-22)18-31-24-14-20-8-3-4-9-21(20)15-25(24)34-27(31)32/h3-5,7-10,13-17H,6,11-12,18H2,1-2H3. The number of fused-ring (bicyclic) bond motifs is 2. The lowest BCUT2D eigenvalue weighted by atomic mass is 10.1. The third kappa shape index (κ3) is 4.70. The highest BCUT2D eigenvalue weighted by molar-refractivity contribution is 5.94. The van der Waals surface area contributed by atoms with E-state index in [2.05, 4.69) is 14.9 Å². The van der Waals surface area contributed by atoms with Crippen LogP contribution in [0.3, 0.4) is 0 Å². The molecule has 2 aromatic heterocycles. The van der Waals surface area contributed by atoms with E-state index in [9.17, 15) is 4.79 Å². The Morgan fingerprint density at radius 2 is 1.74 bits per heavy atom. The Kier molecular flexibility index (Phi) is 6.10. The second-order valence-electron chi connectivity index (χ2n) is 8.57. The van der Waals surface area contributed by atoms with Gasteiger partial charge in [-0.05, 0) is 55.1 Å². The van der Waals surface area contributed by atoms with Crippen LogP contribution >= 0.6 is 0 Å². The molecule has 0 fully saturated rings. The van der Waals surface area contributed by atoms with Crippen LogP contribution in [0, 0.1) is 0 Å². The molecular weight excluding hydrogens is 428 g/mol. The second-order valence-corrected chi connectivity index (χ2v) is 8.57. The van der Waals surface area contributed by atoms with Crippen molar-refractivity contribution in [2.75, 3.05) is 27.2 Å². The lowest BCUT2D eigenvalue weighted by Gasteiger charge is -2.10. The van der Waals surface area contributed by atoms with Crippen molar-refractivity contribution in [1.29, 1.82) is 0 Å². The largest absolute Gasteiger partial charge is 0.490 e. The summed E-state index contributed by atoms with van der Waals surface area (Å²) in [5, 5.41) is 2.11. The summed E-state index contributed by atoms with van der Waals surface area (Å²) in [6, 6.07) is 19.8. The van der Waals surface area contributed by atoms with E-state index < -0.39 is 0 Å². The van der Waals surface area contributed by atoms with E-state index in [-0.39, 0.29) is 5.76 Å². The zero-order chi connectivity index (χ0) is 23.5. The zero-order valence-corrected chi connectivity index (χ0v) is 19.3. The number of nitrogens with zero attached hydrogens (tertiary/aromatic N) is 4. The van der Waals surface area contributed by atoms with Gasteiger partial charge in [0.2, 0.25) is 0 Å². The Labute approximate surface area is 197 Å². The van der Waals surface area contributed by atoms with Gasteiger partial charge in [0.1, 0.15) is 0 Å². The van der Waals surface area contributed by atoms with Crippen molar-refractivity contribution in [2.24, 2.45) is 0 Å². The van der Waals surface area contributed by atoms with Crippen LogP contribution in [0.2, 0.25) is 0 Å². The van der Waals surface area contributed by atoms with Crippen molar-refractivity contribution in [2.45, 2.75) is 13.0 Å². The highest BCUT2D eigenvalue weighted by Gasteiger charge is 2.12. The molecule has 0 N–H and O–H groups in total. The molecule has 0 atom stereocenters. The van der Waals surface area contributed by atoms with Gasteiger partial charge in [-0.3, -0.25) is 4.57 Å². The molecule has 172 valence electrons. The smallest absolute Gasteiger partial charge is 0.420 e. The maximum absolute atomic E-state index is 12.6. The fraction of sp³-hybridized carbons (Fsp3) is 0.222. The Morgan fingerprint density at radius 3 is 2.50 bits per heavy atom. The van der Waals surface area contributed by atoms with Crippen molar-refractivity contribution in [1.82, 2.24) is 19.4 Å². The molecule has 0 aliphatic carbocycles. The normalized spacial score (nSPS) is 11.5. The first kappa shape index (κ1) is 21.9. The van der Waals surface area contributed by atoms with Gasteiger partial charge in [-0.2, -0.15) is 0 Å². The van der Waals surface area contributed by atoms with Crippen LogP contribution < -0.4 is 10.5 Å². The lowest BCUT2D eigenvalue weighted by molar-refractivity contribution is 0.280. The van der Waals surface area contributed by atoms with E-state index in [4.69, 9.17) is 9.15 Å². The summed E-state index contributed by atoms with van der Waals surface area (Å²) in [7, 11) is 4.08. The summed E-state index contributed by atoms with van der Waals surface area (Å²) in [6.45, 7) is 1.99. The SMILES string of the molecule is CN(C)CCCOc1cnc(-c2cccc(Cn3c(=O)oc4cc5ccccc5cc43)c2)nc1. The molecule has 2 heterocycles. The van der Waals surface area contributed by atoms with Gasteiger partial charge in [0.15, 0.2) is 17.2 Å². The highest BCUT2D eigenvalue weighted by atomic mass is 16.5. The van der Waals surface area contributed by atoms with Crippen molar-refractivity contribution in [3.05, 3.63) is 89.2 Å². The van der Waals surface area contributed by atoms with Crippen LogP contribution in [-0.4, -0.2) is 46.7 Å². The van der Waals surface area contributed by atoms with Gasteiger partial charge in [0.05, 0.1) is 31.1 Å². The second kappa shape index (κ2) is 9.49. The fourth-order valence-corrected chi connectivity index (χ4v) is 4.00. The Balaban J connectivity index is 1.36. The molecule has 3 aromatic carbocycles. The van der Waals surface area contributed by atoms with Crippen molar-refractivity contribution >= 4 is 21.9 Å². The average Bonchev–Trinajstić information content (AvgIpc) is 3.14. The molecule has 0 radical (unpaired) electrons. The van der Waals surface area contributed by atoms with Crippen LogP contribution in [-0.2, 0) is 6.54 Å². The molecule has 0 unspecified atom stereocenters. The van der Waals surface area contributed by atoms with E-state index in [0.29, 0.717) is 30.3 Å². The van der Waals surface area contributed by atoms with Gasteiger partial charge in [0.25, 0.3) is 0 Å². The van der Waals surface area contributed by atoms with E-state index in [1.807, 2.05) is 74.8 Å². The quantitative estimate of drug-likeness (QED) is 0.320. The predicted molar refractivity (Wildman–Crippen MR) is 133 cm³/mol. The van der Waals surface area contributed by atoms with Gasteiger partial charge in [-0.15, -0.1) is 0 Å². The third-order valence-electron chi connectivity index (χ3n) is 5.71. The number of benzene rings is 3. The predicted octanol–water partition coefficient (Wildman–Crippen LogP) is 4.58. The summed E-state index contributed by atoms with van der Waals surface area (Å²) in [5.41, 5.74) is 3.21. The molecule has 0 saturated heterocycles. The van der Waals surface area contributed by atoms with E-state index >= 15 is 0 Å². The summed E-state index contributed by atoms with van der Waals surface area (Å²) in [6.07, 6.45) is 4.34. The first-order valence-corrected chi connectivity index (χ1v) is 11.3. The van der Waals surface area contributed by atoms with Crippen LogP contribution in [0.4, 0.5) is 0 Å². The molecular formula is C27H26N4O3. The molecule has 5 aromatic rings. The summed E-state index contributed by atoms with van der Waals surface area (Å²) in [4.78, 5) is 23.7. The molecule has 7 nitrogen and oxygen atoms in total. The van der Waals surface area contributed by atoms with Gasteiger partial charge in [-0.1, -0.05) is 42.5 Å². The number of rotatable bonds is 8. The van der Waals surface area contributed by atoms with Gasteiger partial charge >= 0.3 is 5.76 Å². The number of hydrogen-bond donors (Lipinski definition) is 0. The fourth-order valence-electron chi connectivity index (χ4n) is 4.00. The first-order valence-electron chi connectivity index (χ1n) is 11.3. The summed E-state index contributed by atoms with van der Waals surface area (Å²) < 4.78 is 12.9. The molecule has 0 aliphatic rings. The topological polar surface area (TPSA) is 73.4 Å². The van der Waals surface area contributed by atoms with Crippen LogP contribution in [0.5, 0.6) is 5.75 Å². The Morgan fingerprint density at radius 1 is 0.971 bits per heavy atom. The Bertz CT molecular complexity index is 1490. The summed E-state index contributed by atoms with van der Waals surface area (Å²) >= 11 is 0. The van der Waals surface area contributed by atoms with Gasteiger partial charge < -0.3 is 14.1 Å². The summed E-state index contributed by atoms with van der Waals surface area (Å²) in [5.74, 6) is 0.892. The van der Waals surface area contributed by atoms with E-state index in [1.54, 1.807) is 17.0 Å². The van der Waals surface area contributed by atoms with E-state index in [0.717, 1.165) is 40.4 Å². The molecule has 0 spiro atoms. The molecule has 7 heteroatoms. The molecule has 0 saturated carbocycles. The molecule has 0 aliphatic heterocycles. The van der Waals surface area contributed by atoms with E-state index in [1.165, 1.54) is 0 Å². The maximum atomic E-state index is 12.6. The van der Waals surface area contributed by atoms with Crippen molar-refractivity contribution in [3.63, 3.8) is 0 Å².